The molecule has 0 saturated carbocycles. The van der Waals surface area contributed by atoms with E-state index in [1.807, 2.05) is 31.2 Å². The van der Waals surface area contributed by atoms with Crippen LogP contribution in [0.5, 0.6) is 0 Å². The Morgan fingerprint density at radius 1 is 1.40 bits per heavy atom. The van der Waals surface area contributed by atoms with Gasteiger partial charge in [0.05, 0.1) is 12.6 Å². The number of hydrogen-bond donors (Lipinski definition) is 1. The normalized spacial score (nSPS) is 21.4. The molecule has 1 saturated heterocycles. The molecule has 1 amide bonds. The zero-order valence-electron chi connectivity index (χ0n) is 12.2. The van der Waals surface area contributed by atoms with Gasteiger partial charge in [-0.15, -0.1) is 0 Å². The van der Waals surface area contributed by atoms with Gasteiger partial charge in [0.2, 0.25) is 5.91 Å². The molecule has 1 fully saturated rings. The number of nitrogens with one attached hydrogen (secondary N) is 1. The van der Waals surface area contributed by atoms with Crippen molar-refractivity contribution in [3.05, 3.63) is 34.3 Å². The Labute approximate surface area is 129 Å². The number of piperidine rings is 1. The second-order valence-corrected chi connectivity index (χ2v) is 6.57. The van der Waals surface area contributed by atoms with Crippen molar-refractivity contribution in [1.29, 1.82) is 0 Å². The molecule has 1 aromatic carbocycles. The summed E-state index contributed by atoms with van der Waals surface area (Å²) in [5.41, 5.74) is 1.13. The van der Waals surface area contributed by atoms with E-state index < -0.39 is 0 Å². The first-order valence-corrected chi connectivity index (χ1v) is 8.14. The highest BCUT2D eigenvalue weighted by molar-refractivity contribution is 9.10. The number of nitrogens with zero attached hydrogens (tertiary/aromatic N) is 1. The third-order valence-corrected chi connectivity index (χ3v) is 4.56. The maximum absolute atomic E-state index is 12.1. The summed E-state index contributed by atoms with van der Waals surface area (Å²) < 4.78 is 1.06. The minimum Gasteiger partial charge on any atom is -0.348 e. The number of likely N-dealkylation sites (tertiary alicyclic amines) is 1. The molecule has 1 aliphatic rings. The van der Waals surface area contributed by atoms with E-state index in [1.165, 1.54) is 19.3 Å². The molecule has 1 aromatic rings. The third kappa shape index (κ3) is 4.32. The van der Waals surface area contributed by atoms with E-state index >= 15 is 0 Å². The van der Waals surface area contributed by atoms with Gasteiger partial charge >= 0.3 is 0 Å². The molecule has 4 heteroatoms. The summed E-state index contributed by atoms with van der Waals surface area (Å²) in [4.78, 5) is 14.4. The molecular formula is C16H23BrN2O. The standard InChI is InChI=1S/C16H23BrN2O/c1-12-5-3-4-10-19(12)11-16(20)18-13(2)14-6-8-15(17)9-7-14/h6-9,12-13H,3-5,10-11H2,1-2H3,(H,18,20)/t12-,13+/m1/s1. The highest BCUT2D eigenvalue weighted by Gasteiger charge is 2.21. The average Bonchev–Trinajstić information content (AvgIpc) is 2.42. The maximum Gasteiger partial charge on any atom is 0.234 e. The van der Waals surface area contributed by atoms with Crippen LogP contribution in [0.4, 0.5) is 0 Å². The quantitative estimate of drug-likeness (QED) is 0.911. The first kappa shape index (κ1) is 15.5. The maximum atomic E-state index is 12.1. The molecular weight excluding hydrogens is 316 g/mol. The molecule has 0 aliphatic carbocycles. The second-order valence-electron chi connectivity index (χ2n) is 5.66. The lowest BCUT2D eigenvalue weighted by Crippen LogP contribution is -2.44. The highest BCUT2D eigenvalue weighted by atomic mass is 79.9. The first-order chi connectivity index (χ1) is 9.56. The Morgan fingerprint density at radius 3 is 2.75 bits per heavy atom. The summed E-state index contributed by atoms with van der Waals surface area (Å²) in [6, 6.07) is 8.67. The molecule has 1 heterocycles. The summed E-state index contributed by atoms with van der Waals surface area (Å²) in [7, 11) is 0. The second kappa shape index (κ2) is 7.23. The van der Waals surface area contributed by atoms with Crippen LogP contribution in [0.25, 0.3) is 0 Å². The van der Waals surface area contributed by atoms with Gasteiger partial charge in [-0.05, 0) is 50.9 Å². The van der Waals surface area contributed by atoms with Gasteiger partial charge in [0.15, 0.2) is 0 Å². The predicted octanol–water partition coefficient (Wildman–Crippen LogP) is 3.50. The van der Waals surface area contributed by atoms with E-state index in [2.05, 4.69) is 33.1 Å². The van der Waals surface area contributed by atoms with Crippen LogP contribution in [0, 0.1) is 0 Å². The van der Waals surface area contributed by atoms with Gasteiger partial charge < -0.3 is 5.32 Å². The lowest BCUT2D eigenvalue weighted by Gasteiger charge is -2.32. The van der Waals surface area contributed by atoms with Crippen molar-refractivity contribution in [2.75, 3.05) is 13.1 Å². The van der Waals surface area contributed by atoms with Crippen molar-refractivity contribution in [2.45, 2.75) is 45.2 Å². The number of benzene rings is 1. The van der Waals surface area contributed by atoms with Gasteiger partial charge in [-0.2, -0.15) is 0 Å². The first-order valence-electron chi connectivity index (χ1n) is 7.35. The fraction of sp³-hybridized carbons (Fsp3) is 0.562. The summed E-state index contributed by atoms with van der Waals surface area (Å²) in [6.45, 7) is 5.80. The van der Waals surface area contributed by atoms with Gasteiger partial charge in [0.1, 0.15) is 0 Å². The van der Waals surface area contributed by atoms with Gasteiger partial charge in [-0.1, -0.05) is 34.5 Å². The molecule has 0 bridgehead atoms. The molecule has 1 aliphatic heterocycles. The Bertz CT molecular complexity index is 446. The smallest absolute Gasteiger partial charge is 0.234 e. The van der Waals surface area contributed by atoms with Crippen LogP contribution in [-0.2, 0) is 4.79 Å². The molecule has 3 nitrogen and oxygen atoms in total. The largest absolute Gasteiger partial charge is 0.348 e. The van der Waals surface area contributed by atoms with Crippen molar-refractivity contribution in [2.24, 2.45) is 0 Å². The number of amides is 1. The molecule has 1 N–H and O–H groups in total. The van der Waals surface area contributed by atoms with Gasteiger partial charge in [0, 0.05) is 10.5 Å². The number of carbonyl (C=O) groups excluding carboxylic acids is 1. The Kier molecular flexibility index (Phi) is 5.61. The minimum absolute atomic E-state index is 0.0516. The Hall–Kier alpha value is -0.870. The summed E-state index contributed by atoms with van der Waals surface area (Å²) >= 11 is 3.42. The van der Waals surface area contributed by atoms with E-state index in [4.69, 9.17) is 0 Å². The number of carbonyl (C=O) groups is 1. The minimum atomic E-state index is 0.0516. The van der Waals surface area contributed by atoms with Crippen LogP contribution in [-0.4, -0.2) is 29.9 Å². The van der Waals surface area contributed by atoms with Crippen LogP contribution >= 0.6 is 15.9 Å². The van der Waals surface area contributed by atoms with Crippen LogP contribution < -0.4 is 5.32 Å². The number of rotatable bonds is 4. The van der Waals surface area contributed by atoms with E-state index in [9.17, 15) is 4.79 Å². The zero-order valence-corrected chi connectivity index (χ0v) is 13.8. The fourth-order valence-corrected chi connectivity index (χ4v) is 2.96. The van der Waals surface area contributed by atoms with Crippen molar-refractivity contribution >= 4 is 21.8 Å². The topological polar surface area (TPSA) is 32.3 Å². The molecule has 110 valence electrons. The lowest BCUT2D eigenvalue weighted by molar-refractivity contribution is -0.123. The van der Waals surface area contributed by atoms with Crippen LogP contribution in [0.2, 0.25) is 0 Å². The average molecular weight is 339 g/mol. The lowest BCUT2D eigenvalue weighted by atomic mass is 10.0. The molecule has 0 spiro atoms. The van der Waals surface area contributed by atoms with Gasteiger partial charge in [-0.25, -0.2) is 0 Å². The van der Waals surface area contributed by atoms with E-state index in [1.54, 1.807) is 0 Å². The van der Waals surface area contributed by atoms with Crippen molar-refractivity contribution in [3.63, 3.8) is 0 Å². The van der Waals surface area contributed by atoms with Gasteiger partial charge in [0.25, 0.3) is 0 Å². The van der Waals surface area contributed by atoms with Crippen molar-refractivity contribution < 1.29 is 4.79 Å². The monoisotopic (exact) mass is 338 g/mol. The van der Waals surface area contributed by atoms with E-state index in [0.29, 0.717) is 12.6 Å². The van der Waals surface area contributed by atoms with Gasteiger partial charge in [-0.3, -0.25) is 9.69 Å². The van der Waals surface area contributed by atoms with E-state index in [-0.39, 0.29) is 11.9 Å². The Balaban J connectivity index is 1.85. The fourth-order valence-electron chi connectivity index (χ4n) is 2.70. The number of hydrogen-bond acceptors (Lipinski definition) is 2. The molecule has 0 aromatic heterocycles. The predicted molar refractivity (Wildman–Crippen MR) is 85.6 cm³/mol. The molecule has 20 heavy (non-hydrogen) atoms. The van der Waals surface area contributed by atoms with Crippen LogP contribution in [0.15, 0.2) is 28.7 Å². The van der Waals surface area contributed by atoms with E-state index in [0.717, 1.165) is 16.6 Å². The molecule has 2 rings (SSSR count). The zero-order chi connectivity index (χ0) is 14.5. The Morgan fingerprint density at radius 2 is 2.10 bits per heavy atom. The SMILES string of the molecule is C[C@H](NC(=O)CN1CCCC[C@H]1C)c1ccc(Br)cc1. The highest BCUT2D eigenvalue weighted by Crippen LogP contribution is 2.18. The molecule has 0 unspecified atom stereocenters. The summed E-state index contributed by atoms with van der Waals surface area (Å²) in [5.74, 6) is 0.120. The summed E-state index contributed by atoms with van der Waals surface area (Å²) in [5, 5.41) is 3.09. The van der Waals surface area contributed by atoms with Crippen molar-refractivity contribution in [3.8, 4) is 0 Å². The van der Waals surface area contributed by atoms with Crippen LogP contribution in [0.3, 0.4) is 0 Å². The molecule has 2 atom stereocenters. The molecule has 0 radical (unpaired) electrons. The third-order valence-electron chi connectivity index (χ3n) is 4.03. The number of halogens is 1. The van der Waals surface area contributed by atoms with Crippen LogP contribution in [0.1, 0.15) is 44.7 Å². The summed E-state index contributed by atoms with van der Waals surface area (Å²) in [6.07, 6.45) is 3.70. The van der Waals surface area contributed by atoms with Crippen molar-refractivity contribution in [1.82, 2.24) is 10.2 Å².